The molecule has 0 saturated heterocycles. The standard InChI is InChI=1S/C9HCl5F12O2/c10-2(15,1(27)28)6(19,20)3(11,16)7(21,22)4(12,17)8(23,24)5(13,18)9(14,25)26/h(H,27,28). The molecule has 0 heterocycles. The third-order valence-corrected chi connectivity index (χ3v) is 5.17. The van der Waals surface area contributed by atoms with Gasteiger partial charge in [0.1, 0.15) is 0 Å². The molecular formula is C9HCl5F12O2. The zero-order valence-electron chi connectivity index (χ0n) is 11.8. The molecule has 0 amide bonds. The Kier molecular flexibility index (Phi) is 7.08. The fourth-order valence-corrected chi connectivity index (χ4v) is 2.34. The Hall–Kier alpha value is 0.0800. The first-order chi connectivity index (χ1) is 11.7. The largest absolute Gasteiger partial charge is 0.478 e. The number of carboxylic acids is 1. The van der Waals surface area contributed by atoms with Crippen molar-refractivity contribution in [2.45, 2.75) is 43.7 Å². The Morgan fingerprint density at radius 2 is 0.786 bits per heavy atom. The molecule has 0 aromatic heterocycles. The summed E-state index contributed by atoms with van der Waals surface area (Å²) in [5, 5.41) is -24.5. The Morgan fingerprint density at radius 3 is 1.04 bits per heavy atom. The van der Waals surface area contributed by atoms with Crippen LogP contribution in [0.3, 0.4) is 0 Å². The number of aliphatic carboxylic acids is 1. The lowest BCUT2D eigenvalue weighted by Crippen LogP contribution is -2.73. The van der Waals surface area contributed by atoms with Crippen molar-refractivity contribution in [3.8, 4) is 0 Å². The highest BCUT2D eigenvalue weighted by atomic mass is 35.5. The van der Waals surface area contributed by atoms with Crippen molar-refractivity contribution < 1.29 is 62.6 Å². The van der Waals surface area contributed by atoms with Crippen LogP contribution < -0.4 is 0 Å². The number of rotatable bonds is 8. The van der Waals surface area contributed by atoms with Crippen molar-refractivity contribution in [3.63, 3.8) is 0 Å². The van der Waals surface area contributed by atoms with E-state index in [1.54, 1.807) is 0 Å². The second kappa shape index (κ2) is 7.06. The molecule has 0 aromatic rings. The van der Waals surface area contributed by atoms with Gasteiger partial charge < -0.3 is 5.11 Å². The molecule has 168 valence electrons. The maximum atomic E-state index is 13.9. The lowest BCUT2D eigenvalue weighted by atomic mass is 9.92. The summed E-state index contributed by atoms with van der Waals surface area (Å²) >= 11 is 19.4. The van der Waals surface area contributed by atoms with E-state index in [1.807, 2.05) is 0 Å². The van der Waals surface area contributed by atoms with Crippen LogP contribution in [-0.4, -0.2) is 54.7 Å². The van der Waals surface area contributed by atoms with Crippen molar-refractivity contribution in [2.75, 3.05) is 0 Å². The minimum atomic E-state index is -7.48. The summed E-state index contributed by atoms with van der Waals surface area (Å²) < 4.78 is 161. The predicted octanol–water partition coefficient (Wildman–Crippen LogP) is 6.43. The maximum Gasteiger partial charge on any atom is 0.375 e. The Balaban J connectivity index is 6.76. The van der Waals surface area contributed by atoms with Crippen molar-refractivity contribution in [3.05, 3.63) is 0 Å². The van der Waals surface area contributed by atoms with E-state index in [4.69, 9.17) is 5.11 Å². The van der Waals surface area contributed by atoms with E-state index in [0.29, 0.717) is 0 Å². The number of carbonyl (C=O) groups is 1. The molecule has 0 spiro atoms. The highest BCUT2D eigenvalue weighted by molar-refractivity contribution is 6.36. The summed E-state index contributed by atoms with van der Waals surface area (Å²) in [5.41, 5.74) is 0. The summed E-state index contributed by atoms with van der Waals surface area (Å²) in [6.07, 6.45) is 0. The number of halogens is 17. The predicted molar refractivity (Wildman–Crippen MR) is 72.0 cm³/mol. The molecule has 1 N–H and O–H groups in total. The van der Waals surface area contributed by atoms with Gasteiger partial charge in [-0.05, 0) is 11.6 Å². The van der Waals surface area contributed by atoms with Gasteiger partial charge in [-0.2, -0.15) is 35.1 Å². The minimum absolute atomic E-state index is 3.63. The number of hydrogen-bond acceptors (Lipinski definition) is 1. The molecule has 19 heteroatoms. The Bertz CT molecular complexity index is 629. The second-order valence-electron chi connectivity index (χ2n) is 4.82. The van der Waals surface area contributed by atoms with Crippen LogP contribution in [0.4, 0.5) is 52.7 Å². The molecule has 0 aliphatic rings. The summed E-state index contributed by atoms with van der Waals surface area (Å²) in [5.74, 6) is -25.4. The van der Waals surface area contributed by atoms with Gasteiger partial charge in [0.05, 0.1) is 0 Å². The zero-order valence-corrected chi connectivity index (χ0v) is 15.6. The summed E-state index contributed by atoms with van der Waals surface area (Å²) in [6, 6.07) is 0. The molecule has 0 radical (unpaired) electrons. The normalized spacial score (nSPS) is 23.2. The van der Waals surface area contributed by atoms with Crippen LogP contribution in [0.2, 0.25) is 0 Å². The van der Waals surface area contributed by atoms with E-state index in [0.717, 1.165) is 0 Å². The van der Waals surface area contributed by atoms with E-state index in [9.17, 15) is 57.5 Å². The van der Waals surface area contributed by atoms with Gasteiger partial charge in [0.25, 0.3) is 0 Å². The molecule has 0 aromatic carbocycles. The first-order valence-corrected chi connectivity index (χ1v) is 7.53. The molecule has 0 saturated carbocycles. The van der Waals surface area contributed by atoms with Gasteiger partial charge in [-0.25, -0.2) is 22.4 Å². The molecule has 0 aliphatic carbocycles. The third-order valence-electron chi connectivity index (χ3n) is 2.99. The first-order valence-electron chi connectivity index (χ1n) is 5.64. The lowest BCUT2D eigenvalue weighted by Gasteiger charge is -2.45. The van der Waals surface area contributed by atoms with Crippen LogP contribution in [-0.2, 0) is 4.79 Å². The molecule has 4 atom stereocenters. The third kappa shape index (κ3) is 3.44. The number of carboxylic acid groups (broad SMARTS) is 1. The molecule has 0 bridgehead atoms. The molecule has 0 rings (SSSR count). The fourth-order valence-electron chi connectivity index (χ4n) is 1.30. The second-order valence-corrected chi connectivity index (χ2v) is 7.38. The Morgan fingerprint density at radius 1 is 0.536 bits per heavy atom. The summed E-state index contributed by atoms with van der Waals surface area (Å²) in [4.78, 5) is 10.2. The first kappa shape index (κ1) is 28.1. The van der Waals surface area contributed by atoms with Gasteiger partial charge in [-0.15, -0.1) is 0 Å². The molecule has 0 fully saturated rings. The van der Waals surface area contributed by atoms with E-state index < -0.39 is 49.6 Å². The lowest BCUT2D eigenvalue weighted by molar-refractivity contribution is -0.315. The monoisotopic (exact) mass is 544 g/mol. The molecule has 0 aliphatic heterocycles. The maximum absolute atomic E-state index is 13.9. The minimum Gasteiger partial charge on any atom is -0.478 e. The van der Waals surface area contributed by atoms with Crippen molar-refractivity contribution in [1.82, 2.24) is 0 Å². The molecule has 28 heavy (non-hydrogen) atoms. The van der Waals surface area contributed by atoms with Crippen LogP contribution in [0.15, 0.2) is 0 Å². The average molecular weight is 546 g/mol. The van der Waals surface area contributed by atoms with E-state index in [-0.39, 0.29) is 0 Å². The summed E-state index contributed by atoms with van der Waals surface area (Å²) in [7, 11) is 0. The van der Waals surface area contributed by atoms with Gasteiger partial charge in [0.15, 0.2) is 0 Å². The molecule has 4 unspecified atom stereocenters. The quantitative estimate of drug-likeness (QED) is 0.282. The SMILES string of the molecule is O=C(O)C(F)(Cl)C(F)(F)C(F)(Cl)C(F)(F)C(F)(Cl)C(F)(F)C(F)(Cl)C(F)(F)Cl. The van der Waals surface area contributed by atoms with Crippen molar-refractivity contribution in [2.24, 2.45) is 0 Å². The number of hydrogen-bond donors (Lipinski definition) is 1. The van der Waals surface area contributed by atoms with Gasteiger partial charge >= 0.3 is 49.6 Å². The Labute approximate surface area is 170 Å². The van der Waals surface area contributed by atoms with Gasteiger partial charge in [0, 0.05) is 0 Å². The van der Waals surface area contributed by atoms with Gasteiger partial charge in [-0.1, -0.05) is 46.4 Å². The number of alkyl halides is 17. The summed E-state index contributed by atoms with van der Waals surface area (Å²) in [6.45, 7) is 0. The molecule has 2 nitrogen and oxygen atoms in total. The fraction of sp³-hybridized carbons (Fsp3) is 0.889. The van der Waals surface area contributed by atoms with E-state index in [1.165, 1.54) is 0 Å². The average Bonchev–Trinajstić information content (AvgIpc) is 2.44. The van der Waals surface area contributed by atoms with E-state index >= 15 is 0 Å². The van der Waals surface area contributed by atoms with Crippen LogP contribution in [0.5, 0.6) is 0 Å². The van der Waals surface area contributed by atoms with Crippen LogP contribution in [0.25, 0.3) is 0 Å². The van der Waals surface area contributed by atoms with Crippen molar-refractivity contribution in [1.29, 1.82) is 0 Å². The van der Waals surface area contributed by atoms with Crippen LogP contribution in [0, 0.1) is 0 Å². The van der Waals surface area contributed by atoms with Crippen molar-refractivity contribution >= 4 is 64.0 Å². The van der Waals surface area contributed by atoms with Crippen LogP contribution >= 0.6 is 58.0 Å². The topological polar surface area (TPSA) is 37.3 Å². The van der Waals surface area contributed by atoms with E-state index in [2.05, 4.69) is 58.0 Å². The van der Waals surface area contributed by atoms with Gasteiger partial charge in [0.2, 0.25) is 0 Å². The molecular weight excluding hydrogens is 545 g/mol. The smallest absolute Gasteiger partial charge is 0.375 e. The highest BCUT2D eigenvalue weighted by Crippen LogP contribution is 2.66. The van der Waals surface area contributed by atoms with Crippen LogP contribution in [0.1, 0.15) is 0 Å². The van der Waals surface area contributed by atoms with Gasteiger partial charge in [-0.3, -0.25) is 0 Å². The highest BCUT2D eigenvalue weighted by Gasteiger charge is 2.92. The zero-order chi connectivity index (χ0) is 23.6.